The molecule has 1 N–H and O–H groups in total. The van der Waals surface area contributed by atoms with Gasteiger partial charge in [-0.2, -0.15) is 0 Å². The number of benzene rings is 2. The Labute approximate surface area is 169 Å². The largest absolute Gasteiger partial charge is 0.366 e. The summed E-state index contributed by atoms with van der Waals surface area (Å²) in [5, 5.41) is 11.4. The molecule has 0 radical (unpaired) electrons. The van der Waals surface area contributed by atoms with Crippen molar-refractivity contribution in [2.75, 3.05) is 36.4 Å². The maximum Gasteiger partial charge on any atom is 0.274 e. The molecular weight excluding hydrogens is 369 g/mol. The highest BCUT2D eigenvalue weighted by Gasteiger charge is 2.24. The van der Waals surface area contributed by atoms with Gasteiger partial charge in [-0.3, -0.25) is 4.79 Å². The van der Waals surface area contributed by atoms with Crippen LogP contribution in [-0.2, 0) is 0 Å². The first-order valence-electron chi connectivity index (χ1n) is 9.56. The van der Waals surface area contributed by atoms with E-state index in [0.29, 0.717) is 43.4 Å². The first-order valence-corrected chi connectivity index (χ1v) is 9.56. The smallest absolute Gasteiger partial charge is 0.274 e. The first kappa shape index (κ1) is 18.9. The van der Waals surface area contributed by atoms with Gasteiger partial charge >= 0.3 is 0 Å². The molecule has 1 aromatic heterocycles. The summed E-state index contributed by atoms with van der Waals surface area (Å²) in [6, 6.07) is 18.1. The minimum Gasteiger partial charge on any atom is -0.366 e. The Morgan fingerprint density at radius 3 is 2.31 bits per heavy atom. The monoisotopic (exact) mass is 391 g/mol. The Morgan fingerprint density at radius 1 is 0.931 bits per heavy atom. The van der Waals surface area contributed by atoms with E-state index in [1.54, 1.807) is 29.2 Å². The van der Waals surface area contributed by atoms with Crippen molar-refractivity contribution in [1.29, 1.82) is 0 Å². The number of piperazine rings is 1. The van der Waals surface area contributed by atoms with E-state index in [1.807, 2.05) is 42.2 Å². The zero-order valence-corrected chi connectivity index (χ0v) is 16.2. The second kappa shape index (κ2) is 8.26. The van der Waals surface area contributed by atoms with E-state index in [4.69, 9.17) is 0 Å². The Morgan fingerprint density at radius 2 is 1.66 bits per heavy atom. The predicted molar refractivity (Wildman–Crippen MR) is 111 cm³/mol. The molecule has 0 atom stereocenters. The molecular formula is C22H22FN5O. The number of carbonyl (C=O) groups is 1. The van der Waals surface area contributed by atoms with Crippen LogP contribution in [0, 0.1) is 12.7 Å². The summed E-state index contributed by atoms with van der Waals surface area (Å²) in [7, 11) is 0. The van der Waals surface area contributed by atoms with E-state index in [1.165, 1.54) is 11.6 Å². The second-order valence-electron chi connectivity index (χ2n) is 7.03. The van der Waals surface area contributed by atoms with Crippen LogP contribution in [0.4, 0.5) is 21.6 Å². The number of para-hydroxylation sites is 1. The number of aromatic nitrogens is 2. The number of hydrogen-bond donors (Lipinski definition) is 1. The van der Waals surface area contributed by atoms with Crippen LogP contribution in [0.1, 0.15) is 16.1 Å². The molecule has 0 bridgehead atoms. The molecule has 1 fully saturated rings. The number of carbonyl (C=O) groups excluding carboxylic acids is 1. The molecule has 1 aliphatic heterocycles. The lowest BCUT2D eigenvalue weighted by Crippen LogP contribution is -2.49. The molecule has 1 aliphatic rings. The normalized spacial score (nSPS) is 14.0. The summed E-state index contributed by atoms with van der Waals surface area (Å²) in [5.74, 6) is 0.178. The SMILES string of the molecule is Cc1ccc(Nc2ccc(C(=O)N3CCN(c4ccccc4F)CC3)nn2)cc1. The predicted octanol–water partition coefficient (Wildman–Crippen LogP) is 3.63. The van der Waals surface area contributed by atoms with Crippen LogP contribution in [0.25, 0.3) is 0 Å². The zero-order chi connectivity index (χ0) is 20.2. The van der Waals surface area contributed by atoms with Gasteiger partial charge in [0.25, 0.3) is 5.91 Å². The van der Waals surface area contributed by atoms with Crippen molar-refractivity contribution < 1.29 is 9.18 Å². The van der Waals surface area contributed by atoms with Gasteiger partial charge in [-0.05, 0) is 43.3 Å². The maximum atomic E-state index is 14.0. The van der Waals surface area contributed by atoms with Gasteiger partial charge in [0.15, 0.2) is 11.5 Å². The molecule has 0 unspecified atom stereocenters. The van der Waals surface area contributed by atoms with E-state index in [0.717, 1.165) is 5.69 Å². The third-order valence-electron chi connectivity index (χ3n) is 4.97. The van der Waals surface area contributed by atoms with Gasteiger partial charge in [-0.1, -0.05) is 29.8 Å². The fraction of sp³-hybridized carbons (Fsp3) is 0.227. The number of aryl methyl sites for hydroxylation is 1. The molecule has 3 aromatic rings. The first-order chi connectivity index (χ1) is 14.1. The Balaban J connectivity index is 1.36. The summed E-state index contributed by atoms with van der Waals surface area (Å²) < 4.78 is 14.0. The van der Waals surface area contributed by atoms with Gasteiger partial charge in [-0.25, -0.2) is 4.39 Å². The lowest BCUT2D eigenvalue weighted by molar-refractivity contribution is 0.0739. The number of nitrogens with zero attached hydrogens (tertiary/aromatic N) is 4. The van der Waals surface area contributed by atoms with Crippen LogP contribution in [0.3, 0.4) is 0 Å². The van der Waals surface area contributed by atoms with Gasteiger partial charge < -0.3 is 15.1 Å². The molecule has 1 saturated heterocycles. The minimum absolute atomic E-state index is 0.160. The molecule has 1 amide bonds. The highest BCUT2D eigenvalue weighted by molar-refractivity contribution is 5.92. The molecule has 0 spiro atoms. The standard InChI is InChI=1S/C22H22FN5O/c1-16-6-8-17(9-7-16)24-21-11-10-19(25-26-21)22(29)28-14-12-27(13-15-28)20-5-3-2-4-18(20)23/h2-11H,12-15H2,1H3,(H,24,26). The van der Waals surface area contributed by atoms with Crippen molar-refractivity contribution in [3.63, 3.8) is 0 Å². The molecule has 4 rings (SSSR count). The van der Waals surface area contributed by atoms with Gasteiger partial charge in [0.05, 0.1) is 5.69 Å². The van der Waals surface area contributed by atoms with Crippen molar-refractivity contribution in [2.24, 2.45) is 0 Å². The van der Waals surface area contributed by atoms with Gasteiger partial charge in [0, 0.05) is 31.9 Å². The fourth-order valence-corrected chi connectivity index (χ4v) is 3.32. The van der Waals surface area contributed by atoms with Crippen molar-refractivity contribution in [1.82, 2.24) is 15.1 Å². The zero-order valence-electron chi connectivity index (χ0n) is 16.2. The summed E-state index contributed by atoms with van der Waals surface area (Å²) in [5.41, 5.74) is 2.97. The Hall–Kier alpha value is -3.48. The van der Waals surface area contributed by atoms with Crippen LogP contribution in [0.2, 0.25) is 0 Å². The van der Waals surface area contributed by atoms with E-state index in [9.17, 15) is 9.18 Å². The molecule has 0 aliphatic carbocycles. The molecule has 0 saturated carbocycles. The third kappa shape index (κ3) is 4.34. The number of halogens is 1. The average Bonchev–Trinajstić information content (AvgIpc) is 2.76. The highest BCUT2D eigenvalue weighted by Crippen LogP contribution is 2.21. The van der Waals surface area contributed by atoms with Crippen molar-refractivity contribution >= 4 is 23.1 Å². The third-order valence-corrected chi connectivity index (χ3v) is 4.97. The van der Waals surface area contributed by atoms with Crippen LogP contribution in [-0.4, -0.2) is 47.2 Å². The van der Waals surface area contributed by atoms with Crippen molar-refractivity contribution in [2.45, 2.75) is 6.92 Å². The second-order valence-corrected chi connectivity index (χ2v) is 7.03. The summed E-state index contributed by atoms with van der Waals surface area (Å²) >= 11 is 0. The van der Waals surface area contributed by atoms with Gasteiger partial charge in [0.2, 0.25) is 0 Å². The van der Waals surface area contributed by atoms with E-state index >= 15 is 0 Å². The number of hydrogen-bond acceptors (Lipinski definition) is 5. The molecule has 29 heavy (non-hydrogen) atoms. The summed E-state index contributed by atoms with van der Waals surface area (Å²) in [4.78, 5) is 16.4. The van der Waals surface area contributed by atoms with Crippen LogP contribution < -0.4 is 10.2 Å². The Kier molecular flexibility index (Phi) is 5.37. The van der Waals surface area contributed by atoms with E-state index in [2.05, 4.69) is 15.5 Å². The topological polar surface area (TPSA) is 61.4 Å². The summed E-state index contributed by atoms with van der Waals surface area (Å²) in [6.07, 6.45) is 0. The van der Waals surface area contributed by atoms with Crippen LogP contribution in [0.15, 0.2) is 60.7 Å². The fourth-order valence-electron chi connectivity index (χ4n) is 3.32. The average molecular weight is 391 g/mol. The quantitative estimate of drug-likeness (QED) is 0.736. The summed E-state index contributed by atoms with van der Waals surface area (Å²) in [6.45, 7) is 4.21. The van der Waals surface area contributed by atoms with E-state index < -0.39 is 0 Å². The molecule has 2 heterocycles. The number of rotatable bonds is 4. The lowest BCUT2D eigenvalue weighted by atomic mass is 10.2. The van der Waals surface area contributed by atoms with Crippen molar-refractivity contribution in [3.05, 3.63) is 77.7 Å². The molecule has 2 aromatic carbocycles. The minimum atomic E-state index is -0.241. The lowest BCUT2D eigenvalue weighted by Gasteiger charge is -2.36. The van der Waals surface area contributed by atoms with Crippen LogP contribution >= 0.6 is 0 Å². The van der Waals surface area contributed by atoms with Crippen molar-refractivity contribution in [3.8, 4) is 0 Å². The van der Waals surface area contributed by atoms with Gasteiger partial charge in [0.1, 0.15) is 5.82 Å². The molecule has 6 nitrogen and oxygen atoms in total. The van der Waals surface area contributed by atoms with Gasteiger partial charge in [-0.15, -0.1) is 10.2 Å². The van der Waals surface area contributed by atoms with Crippen LogP contribution in [0.5, 0.6) is 0 Å². The maximum absolute atomic E-state index is 14.0. The Bertz CT molecular complexity index is 983. The highest BCUT2D eigenvalue weighted by atomic mass is 19.1. The van der Waals surface area contributed by atoms with E-state index in [-0.39, 0.29) is 11.7 Å². The number of amides is 1. The molecule has 7 heteroatoms. The molecule has 148 valence electrons. The number of anilines is 3. The number of nitrogens with one attached hydrogen (secondary N) is 1.